The molecule has 1 saturated heterocycles. The number of aromatic nitrogens is 1. The van der Waals surface area contributed by atoms with Crippen LogP contribution in [0.3, 0.4) is 0 Å². The van der Waals surface area contributed by atoms with E-state index in [4.69, 9.17) is 4.98 Å². The summed E-state index contributed by atoms with van der Waals surface area (Å²) in [5, 5.41) is 20.4. The van der Waals surface area contributed by atoms with Gasteiger partial charge < -0.3 is 21.1 Å². The summed E-state index contributed by atoms with van der Waals surface area (Å²) in [4.78, 5) is 4.92. The van der Waals surface area contributed by atoms with E-state index in [1.54, 1.807) is 6.07 Å². The number of anilines is 1. The lowest BCUT2D eigenvalue weighted by Gasteiger charge is -2.23. The van der Waals surface area contributed by atoms with E-state index in [0.717, 1.165) is 74.1 Å². The van der Waals surface area contributed by atoms with Crippen LogP contribution in [0.25, 0.3) is 5.57 Å². The van der Waals surface area contributed by atoms with E-state index < -0.39 is 0 Å². The predicted octanol–water partition coefficient (Wildman–Crippen LogP) is 3.86. The number of nitrogens with one attached hydrogen (secondary N) is 3. The molecule has 0 bridgehead atoms. The van der Waals surface area contributed by atoms with E-state index in [9.17, 15) is 5.11 Å². The number of pyridine rings is 1. The van der Waals surface area contributed by atoms with Crippen LogP contribution in [0.15, 0.2) is 34.4 Å². The van der Waals surface area contributed by atoms with Crippen molar-refractivity contribution in [1.29, 1.82) is 0 Å². The quantitative estimate of drug-likeness (QED) is 0.514. The van der Waals surface area contributed by atoms with Gasteiger partial charge in [0.15, 0.2) is 0 Å². The Bertz CT molecular complexity index is 917. The summed E-state index contributed by atoms with van der Waals surface area (Å²) in [6, 6.07) is 5.81. The fourth-order valence-corrected chi connectivity index (χ4v) is 4.89. The van der Waals surface area contributed by atoms with E-state index in [2.05, 4.69) is 37.9 Å². The van der Waals surface area contributed by atoms with E-state index in [1.165, 1.54) is 27.8 Å². The summed E-state index contributed by atoms with van der Waals surface area (Å²) >= 11 is 3.73. The number of nitrogens with zero attached hydrogens (tertiary/aromatic N) is 1. The lowest BCUT2D eigenvalue weighted by molar-refractivity contribution is 0.474. The van der Waals surface area contributed by atoms with Crippen LogP contribution in [0.4, 0.5) is 5.69 Å². The van der Waals surface area contributed by atoms with Crippen molar-refractivity contribution in [2.45, 2.75) is 32.1 Å². The maximum atomic E-state index is 10.1. The molecule has 2 heterocycles. The number of halogens is 1. The number of rotatable bonds is 5. The van der Waals surface area contributed by atoms with Crippen LogP contribution in [0.5, 0.6) is 5.75 Å². The number of phenols is 1. The average Bonchev–Trinajstić information content (AvgIpc) is 2.89. The molecule has 1 aliphatic carbocycles. The topological polar surface area (TPSA) is 69.2 Å². The second-order valence-electron chi connectivity index (χ2n) is 7.76. The minimum absolute atomic E-state index is 0.337. The second-order valence-corrected chi connectivity index (χ2v) is 8.62. The second kappa shape index (κ2) is 9.28. The van der Waals surface area contributed by atoms with Crippen molar-refractivity contribution in [2.24, 2.45) is 0 Å². The Morgan fingerprint density at radius 3 is 2.76 bits per heavy atom. The molecule has 2 aromatic rings. The van der Waals surface area contributed by atoms with E-state index in [0.29, 0.717) is 5.75 Å². The van der Waals surface area contributed by atoms with Gasteiger partial charge in [-0.15, -0.1) is 0 Å². The van der Waals surface area contributed by atoms with Gasteiger partial charge in [0, 0.05) is 23.9 Å². The zero-order valence-corrected chi connectivity index (χ0v) is 18.5. The van der Waals surface area contributed by atoms with Crippen LogP contribution in [-0.4, -0.2) is 43.3 Å². The number of hydrogen-bond acceptors (Lipinski definition) is 5. The van der Waals surface area contributed by atoms with Crippen molar-refractivity contribution in [3.05, 3.63) is 56.8 Å². The molecule has 1 aliphatic heterocycles. The molecule has 4 N–H and O–H groups in total. The van der Waals surface area contributed by atoms with E-state index >= 15 is 0 Å². The third kappa shape index (κ3) is 4.34. The van der Waals surface area contributed by atoms with Gasteiger partial charge in [0.1, 0.15) is 5.75 Å². The zero-order chi connectivity index (χ0) is 20.2. The summed E-state index contributed by atoms with van der Waals surface area (Å²) in [5.74, 6) is 0.337. The molecule has 0 unspecified atom stereocenters. The first-order chi connectivity index (χ1) is 14.2. The first-order valence-electron chi connectivity index (χ1n) is 10.5. The number of piperidine rings is 1. The Kier molecular flexibility index (Phi) is 6.53. The summed E-state index contributed by atoms with van der Waals surface area (Å²) < 4.78 is 1.02. The first-order valence-corrected chi connectivity index (χ1v) is 11.3. The van der Waals surface area contributed by atoms with Crippen molar-refractivity contribution in [2.75, 3.05) is 38.5 Å². The fraction of sp³-hybridized carbons (Fsp3) is 0.435. The molecule has 0 atom stereocenters. The minimum Gasteiger partial charge on any atom is -0.508 e. The summed E-state index contributed by atoms with van der Waals surface area (Å²) in [6.45, 7) is 3.92. The molecular weight excluding hydrogens is 428 g/mol. The zero-order valence-electron chi connectivity index (χ0n) is 16.9. The van der Waals surface area contributed by atoms with Gasteiger partial charge >= 0.3 is 0 Å². The van der Waals surface area contributed by atoms with E-state index in [-0.39, 0.29) is 0 Å². The van der Waals surface area contributed by atoms with Gasteiger partial charge in [-0.25, -0.2) is 0 Å². The number of fused-ring (bicyclic) bond motifs is 2. The fourth-order valence-electron chi connectivity index (χ4n) is 4.41. The van der Waals surface area contributed by atoms with Crippen molar-refractivity contribution in [3.63, 3.8) is 0 Å². The lowest BCUT2D eigenvalue weighted by atomic mass is 9.89. The molecule has 6 heteroatoms. The Morgan fingerprint density at radius 1 is 1.14 bits per heavy atom. The van der Waals surface area contributed by atoms with Crippen LogP contribution >= 0.6 is 15.9 Å². The van der Waals surface area contributed by atoms with Gasteiger partial charge in [0.25, 0.3) is 0 Å². The Balaban J connectivity index is 1.83. The maximum Gasteiger partial charge on any atom is 0.115 e. The highest BCUT2D eigenvalue weighted by molar-refractivity contribution is 9.10. The van der Waals surface area contributed by atoms with Gasteiger partial charge in [-0.05, 0) is 98.0 Å². The van der Waals surface area contributed by atoms with Crippen molar-refractivity contribution in [3.8, 4) is 5.75 Å². The smallest absolute Gasteiger partial charge is 0.115 e. The molecule has 1 aromatic carbocycles. The summed E-state index contributed by atoms with van der Waals surface area (Å²) in [5.41, 5.74) is 8.73. The summed E-state index contributed by atoms with van der Waals surface area (Å²) in [7, 11) is 1.98. The number of hydrogen-bond donors (Lipinski definition) is 4. The maximum absolute atomic E-state index is 10.1. The average molecular weight is 457 g/mol. The number of phenolic OH excluding ortho intramolecular Hbond substituents is 1. The largest absolute Gasteiger partial charge is 0.508 e. The standard InChI is InChI=1S/C23H29BrN4O/c1-25-9-2-10-27-22-19-5-3-16-13-17(29)4-6-18(16)21(15-7-11-26-12-8-15)23(19)28-14-20(22)24/h4,6,13-14,25-26,29H,2-3,5,7-12H2,1H3,(H,27,28). The van der Waals surface area contributed by atoms with Crippen LogP contribution in [0.2, 0.25) is 0 Å². The highest BCUT2D eigenvalue weighted by Crippen LogP contribution is 2.41. The third-order valence-electron chi connectivity index (χ3n) is 5.84. The highest BCUT2D eigenvalue weighted by atomic mass is 79.9. The van der Waals surface area contributed by atoms with Gasteiger partial charge in [-0.2, -0.15) is 0 Å². The Hall–Kier alpha value is -1.89. The molecule has 0 amide bonds. The van der Waals surface area contributed by atoms with Crippen molar-refractivity contribution < 1.29 is 5.11 Å². The van der Waals surface area contributed by atoms with Crippen LogP contribution < -0.4 is 16.0 Å². The van der Waals surface area contributed by atoms with Crippen molar-refractivity contribution >= 4 is 27.2 Å². The minimum atomic E-state index is 0.337. The molecule has 0 radical (unpaired) electrons. The molecule has 29 heavy (non-hydrogen) atoms. The molecule has 154 valence electrons. The third-order valence-corrected chi connectivity index (χ3v) is 6.44. The van der Waals surface area contributed by atoms with Crippen LogP contribution in [0.1, 0.15) is 41.6 Å². The van der Waals surface area contributed by atoms with Crippen LogP contribution in [-0.2, 0) is 12.8 Å². The van der Waals surface area contributed by atoms with Crippen LogP contribution in [0, 0.1) is 0 Å². The molecule has 4 rings (SSSR count). The molecule has 1 fully saturated rings. The molecule has 5 nitrogen and oxygen atoms in total. The first kappa shape index (κ1) is 20.4. The molecule has 1 aromatic heterocycles. The molecule has 0 saturated carbocycles. The van der Waals surface area contributed by atoms with Gasteiger partial charge in [-0.1, -0.05) is 11.6 Å². The SMILES string of the molecule is CNCCCNc1c(Br)cnc2c1CCc1cc(O)ccc1C2=C1CCNCC1. The Labute approximate surface area is 181 Å². The molecular formula is C23H29BrN4O. The van der Waals surface area contributed by atoms with E-state index in [1.807, 2.05) is 19.3 Å². The molecule has 2 aliphatic rings. The number of aryl methyl sites for hydroxylation is 1. The number of aromatic hydroxyl groups is 1. The highest BCUT2D eigenvalue weighted by Gasteiger charge is 2.26. The predicted molar refractivity (Wildman–Crippen MR) is 123 cm³/mol. The summed E-state index contributed by atoms with van der Waals surface area (Å²) in [6.07, 6.45) is 6.88. The van der Waals surface area contributed by atoms with Gasteiger partial charge in [-0.3, -0.25) is 4.98 Å². The normalized spacial score (nSPS) is 16.2. The monoisotopic (exact) mass is 456 g/mol. The molecule has 0 spiro atoms. The number of benzene rings is 1. The van der Waals surface area contributed by atoms with Gasteiger partial charge in [0.05, 0.1) is 15.9 Å². The van der Waals surface area contributed by atoms with Crippen molar-refractivity contribution in [1.82, 2.24) is 15.6 Å². The Morgan fingerprint density at radius 2 is 1.97 bits per heavy atom. The lowest BCUT2D eigenvalue weighted by Crippen LogP contribution is -2.24. The van der Waals surface area contributed by atoms with Gasteiger partial charge in [0.2, 0.25) is 0 Å².